The van der Waals surface area contributed by atoms with Gasteiger partial charge in [-0.3, -0.25) is 4.79 Å². The van der Waals surface area contributed by atoms with Gasteiger partial charge in [0.1, 0.15) is 0 Å². The molecule has 0 fully saturated rings. The van der Waals surface area contributed by atoms with Gasteiger partial charge in [-0.25, -0.2) is 4.79 Å². The summed E-state index contributed by atoms with van der Waals surface area (Å²) in [5.74, 6) is 0.989. The van der Waals surface area contributed by atoms with Crippen molar-refractivity contribution in [1.82, 2.24) is 0 Å². The lowest BCUT2D eigenvalue weighted by atomic mass is 9.99. The van der Waals surface area contributed by atoms with Crippen LogP contribution >= 0.6 is 0 Å². The minimum Gasteiger partial charge on any atom is -0.493 e. The van der Waals surface area contributed by atoms with Crippen molar-refractivity contribution in [2.75, 3.05) is 20.8 Å². The topological polar surface area (TPSA) is 71.1 Å². The highest BCUT2D eigenvalue weighted by atomic mass is 16.6. The molecule has 0 radical (unpaired) electrons. The van der Waals surface area contributed by atoms with Crippen molar-refractivity contribution in [3.8, 4) is 28.4 Å². The molecule has 0 aromatic heterocycles. The van der Waals surface area contributed by atoms with Crippen molar-refractivity contribution >= 4 is 11.8 Å². The zero-order valence-electron chi connectivity index (χ0n) is 16.5. The molecule has 0 atom stereocenters. The Morgan fingerprint density at radius 3 is 2.43 bits per heavy atom. The summed E-state index contributed by atoms with van der Waals surface area (Å²) < 4.78 is 21.8. The number of rotatable bonds is 7. The first kappa shape index (κ1) is 19.7. The number of ether oxygens (including phenoxy) is 4. The number of methoxy groups -OCH3 is 2. The van der Waals surface area contributed by atoms with Crippen LogP contribution < -0.4 is 14.2 Å². The SMILES string of the molecule is COc1ccc(-c2ccc3c(c2)CCC3=O)c(OCC(=O)OC(C)C)c1OC. The molecule has 1 aliphatic carbocycles. The van der Waals surface area contributed by atoms with Gasteiger partial charge < -0.3 is 18.9 Å². The van der Waals surface area contributed by atoms with E-state index in [1.54, 1.807) is 19.9 Å². The first-order chi connectivity index (χ1) is 13.4. The van der Waals surface area contributed by atoms with E-state index in [0.717, 1.165) is 28.7 Å². The molecule has 0 bridgehead atoms. The van der Waals surface area contributed by atoms with Gasteiger partial charge in [0, 0.05) is 17.5 Å². The smallest absolute Gasteiger partial charge is 0.344 e. The molecule has 28 heavy (non-hydrogen) atoms. The van der Waals surface area contributed by atoms with E-state index >= 15 is 0 Å². The highest BCUT2D eigenvalue weighted by Gasteiger charge is 2.23. The van der Waals surface area contributed by atoms with Crippen LogP contribution in [0.25, 0.3) is 11.1 Å². The Morgan fingerprint density at radius 2 is 1.75 bits per heavy atom. The van der Waals surface area contributed by atoms with Crippen LogP contribution in [-0.4, -0.2) is 38.7 Å². The van der Waals surface area contributed by atoms with Gasteiger partial charge in [0.05, 0.1) is 20.3 Å². The van der Waals surface area contributed by atoms with E-state index in [9.17, 15) is 9.59 Å². The summed E-state index contributed by atoms with van der Waals surface area (Å²) in [4.78, 5) is 23.9. The van der Waals surface area contributed by atoms with E-state index in [4.69, 9.17) is 18.9 Å². The molecule has 2 aromatic rings. The van der Waals surface area contributed by atoms with E-state index in [1.165, 1.54) is 14.2 Å². The molecule has 6 nitrogen and oxygen atoms in total. The fourth-order valence-electron chi connectivity index (χ4n) is 3.32. The van der Waals surface area contributed by atoms with Crippen LogP contribution in [0.4, 0.5) is 0 Å². The molecule has 1 aliphatic rings. The molecule has 0 heterocycles. The summed E-state index contributed by atoms with van der Waals surface area (Å²) >= 11 is 0. The molecule has 3 rings (SSSR count). The summed E-state index contributed by atoms with van der Waals surface area (Å²) in [5, 5.41) is 0. The van der Waals surface area contributed by atoms with Gasteiger partial charge >= 0.3 is 5.97 Å². The predicted octanol–water partition coefficient (Wildman–Crippen LogP) is 3.83. The Bertz CT molecular complexity index is 900. The maximum atomic E-state index is 12.0. The monoisotopic (exact) mass is 384 g/mol. The predicted molar refractivity (Wildman–Crippen MR) is 104 cm³/mol. The van der Waals surface area contributed by atoms with E-state index in [0.29, 0.717) is 23.7 Å². The summed E-state index contributed by atoms with van der Waals surface area (Å²) in [6.07, 6.45) is 1.04. The van der Waals surface area contributed by atoms with Crippen LogP contribution in [0.3, 0.4) is 0 Å². The minimum atomic E-state index is -0.467. The zero-order valence-corrected chi connectivity index (χ0v) is 16.5. The number of fused-ring (bicyclic) bond motifs is 1. The molecule has 0 amide bonds. The van der Waals surface area contributed by atoms with Crippen LogP contribution in [0.15, 0.2) is 30.3 Å². The number of Topliss-reactive ketones (excluding diaryl/α,β-unsaturated/α-hetero) is 1. The van der Waals surface area contributed by atoms with Gasteiger partial charge in [0.25, 0.3) is 0 Å². The average Bonchev–Trinajstić information content (AvgIpc) is 3.05. The molecule has 6 heteroatoms. The largest absolute Gasteiger partial charge is 0.493 e. The van der Waals surface area contributed by atoms with Crippen LogP contribution in [0.2, 0.25) is 0 Å². The van der Waals surface area contributed by atoms with E-state index < -0.39 is 5.97 Å². The second-order valence-corrected chi connectivity index (χ2v) is 6.80. The zero-order chi connectivity index (χ0) is 20.3. The molecule has 0 saturated heterocycles. The third-order valence-corrected chi connectivity index (χ3v) is 4.54. The van der Waals surface area contributed by atoms with Gasteiger partial charge in [-0.15, -0.1) is 0 Å². The molecule has 0 spiro atoms. The number of ketones is 1. The number of benzene rings is 2. The van der Waals surface area contributed by atoms with Crippen molar-refractivity contribution in [3.05, 3.63) is 41.5 Å². The number of carbonyl (C=O) groups is 2. The number of esters is 1. The second kappa shape index (κ2) is 8.33. The minimum absolute atomic E-state index is 0.168. The van der Waals surface area contributed by atoms with Crippen LogP contribution in [0.5, 0.6) is 17.2 Å². The fourth-order valence-corrected chi connectivity index (χ4v) is 3.32. The first-order valence-corrected chi connectivity index (χ1v) is 9.18. The molecule has 148 valence electrons. The van der Waals surface area contributed by atoms with Gasteiger partial charge in [0.2, 0.25) is 5.75 Å². The molecule has 0 saturated carbocycles. The van der Waals surface area contributed by atoms with Crippen molar-refractivity contribution in [3.63, 3.8) is 0 Å². The first-order valence-electron chi connectivity index (χ1n) is 9.18. The highest BCUT2D eigenvalue weighted by Crippen LogP contribution is 2.45. The van der Waals surface area contributed by atoms with E-state index in [-0.39, 0.29) is 18.5 Å². The van der Waals surface area contributed by atoms with Crippen molar-refractivity contribution < 1.29 is 28.5 Å². The average molecular weight is 384 g/mol. The summed E-state index contributed by atoms with van der Waals surface area (Å²) in [7, 11) is 3.05. The van der Waals surface area contributed by atoms with Crippen LogP contribution in [0.1, 0.15) is 36.2 Å². The number of hydrogen-bond acceptors (Lipinski definition) is 6. The van der Waals surface area contributed by atoms with Crippen LogP contribution in [-0.2, 0) is 16.0 Å². The quantitative estimate of drug-likeness (QED) is 0.676. The Kier molecular flexibility index (Phi) is 5.87. The van der Waals surface area contributed by atoms with Gasteiger partial charge in [-0.2, -0.15) is 0 Å². The van der Waals surface area contributed by atoms with Crippen molar-refractivity contribution in [1.29, 1.82) is 0 Å². The molecule has 0 N–H and O–H groups in total. The maximum Gasteiger partial charge on any atom is 0.344 e. The number of aryl methyl sites for hydroxylation is 1. The second-order valence-electron chi connectivity index (χ2n) is 6.80. The Labute approximate surface area is 164 Å². The van der Waals surface area contributed by atoms with Gasteiger partial charge in [-0.05, 0) is 43.5 Å². The molecular weight excluding hydrogens is 360 g/mol. The molecule has 2 aromatic carbocycles. The third-order valence-electron chi connectivity index (χ3n) is 4.54. The van der Waals surface area contributed by atoms with E-state index in [1.807, 2.05) is 24.3 Å². The lowest BCUT2D eigenvalue weighted by Crippen LogP contribution is -2.19. The van der Waals surface area contributed by atoms with E-state index in [2.05, 4.69) is 0 Å². The lowest BCUT2D eigenvalue weighted by Gasteiger charge is -2.18. The Morgan fingerprint density at radius 1 is 1.00 bits per heavy atom. The Balaban J connectivity index is 2.01. The van der Waals surface area contributed by atoms with Crippen molar-refractivity contribution in [2.24, 2.45) is 0 Å². The highest BCUT2D eigenvalue weighted by molar-refractivity contribution is 6.01. The van der Waals surface area contributed by atoms with Crippen LogP contribution in [0, 0.1) is 0 Å². The fraction of sp³-hybridized carbons (Fsp3) is 0.364. The summed E-state index contributed by atoms with van der Waals surface area (Å²) in [6.45, 7) is 3.31. The standard InChI is InChI=1S/C22H24O6/c1-13(2)28-20(24)12-27-21-17(8-10-19(25-3)22(21)26-4)15-5-7-16-14(11-15)6-9-18(16)23/h5,7-8,10-11,13H,6,9,12H2,1-4H3. The normalized spacial score (nSPS) is 12.7. The van der Waals surface area contributed by atoms with Crippen molar-refractivity contribution in [2.45, 2.75) is 32.8 Å². The molecule has 0 aliphatic heterocycles. The molecular formula is C22H24O6. The van der Waals surface area contributed by atoms with Gasteiger partial charge in [-0.1, -0.05) is 18.2 Å². The molecule has 0 unspecified atom stereocenters. The lowest BCUT2D eigenvalue weighted by molar-refractivity contribution is -0.149. The summed E-state index contributed by atoms with van der Waals surface area (Å²) in [6, 6.07) is 9.34. The number of hydrogen-bond donors (Lipinski definition) is 0. The maximum absolute atomic E-state index is 12.0. The Hall–Kier alpha value is -3.02. The number of carbonyl (C=O) groups excluding carboxylic acids is 2. The summed E-state index contributed by atoms with van der Waals surface area (Å²) in [5.41, 5.74) is 3.41. The van der Waals surface area contributed by atoms with Gasteiger partial charge in [0.15, 0.2) is 23.9 Å². The third kappa shape index (κ3) is 3.96.